The molecule has 1 amide bonds. The third kappa shape index (κ3) is 6.67. The maximum Gasteiger partial charge on any atom is 0.325 e. The van der Waals surface area contributed by atoms with E-state index in [1.807, 2.05) is 13.8 Å². The van der Waals surface area contributed by atoms with Gasteiger partial charge >= 0.3 is 5.97 Å². The molecule has 0 unspecified atom stereocenters. The van der Waals surface area contributed by atoms with Gasteiger partial charge in [-0.3, -0.25) is 9.59 Å². The van der Waals surface area contributed by atoms with E-state index in [-0.39, 0.29) is 30.7 Å². The van der Waals surface area contributed by atoms with Gasteiger partial charge in [0.2, 0.25) is 5.91 Å². The number of esters is 1. The summed E-state index contributed by atoms with van der Waals surface area (Å²) in [5.41, 5.74) is 0. The molecular formula is C11H20ClNO3. The smallest absolute Gasteiger partial charge is 0.325 e. The quantitative estimate of drug-likeness (QED) is 0.509. The second-order valence-corrected chi connectivity index (χ2v) is 4.29. The molecular weight excluding hydrogens is 230 g/mol. The van der Waals surface area contributed by atoms with Gasteiger partial charge in [-0.2, -0.15) is 0 Å². The van der Waals surface area contributed by atoms with Crippen molar-refractivity contribution in [1.29, 1.82) is 0 Å². The molecule has 16 heavy (non-hydrogen) atoms. The normalized spacial score (nSPS) is 10.3. The average Bonchev–Trinajstić information content (AvgIpc) is 2.16. The van der Waals surface area contributed by atoms with Crippen LogP contribution in [0.2, 0.25) is 0 Å². The Bertz CT molecular complexity index is 231. The van der Waals surface area contributed by atoms with Gasteiger partial charge in [0.1, 0.15) is 6.54 Å². The highest BCUT2D eigenvalue weighted by atomic mass is 35.5. The fraction of sp³-hybridized carbons (Fsp3) is 0.818. The summed E-state index contributed by atoms with van der Waals surface area (Å²) in [4.78, 5) is 24.5. The fourth-order valence-electron chi connectivity index (χ4n) is 1.30. The molecule has 0 radical (unpaired) electrons. The zero-order chi connectivity index (χ0) is 12.6. The number of alkyl halides is 1. The van der Waals surface area contributed by atoms with Crippen LogP contribution in [0.1, 0.15) is 27.2 Å². The minimum Gasteiger partial charge on any atom is -0.465 e. The first kappa shape index (κ1) is 15.2. The average molecular weight is 250 g/mol. The van der Waals surface area contributed by atoms with Crippen LogP contribution in [0.4, 0.5) is 0 Å². The highest BCUT2D eigenvalue weighted by molar-refractivity contribution is 6.18. The summed E-state index contributed by atoms with van der Waals surface area (Å²) in [6.07, 6.45) is 0.258. The Hall–Kier alpha value is -0.770. The summed E-state index contributed by atoms with van der Waals surface area (Å²) >= 11 is 5.51. The molecule has 0 rings (SSSR count). The molecule has 5 heteroatoms. The van der Waals surface area contributed by atoms with Crippen molar-refractivity contribution in [2.45, 2.75) is 27.2 Å². The summed E-state index contributed by atoms with van der Waals surface area (Å²) in [6.45, 7) is 6.62. The van der Waals surface area contributed by atoms with Crippen molar-refractivity contribution in [2.75, 3.05) is 25.6 Å². The number of carbonyl (C=O) groups is 2. The van der Waals surface area contributed by atoms with Crippen LogP contribution in [0, 0.1) is 5.92 Å². The molecule has 0 saturated carbocycles. The van der Waals surface area contributed by atoms with Gasteiger partial charge in [-0.05, 0) is 12.8 Å². The number of amides is 1. The van der Waals surface area contributed by atoms with E-state index >= 15 is 0 Å². The van der Waals surface area contributed by atoms with Crippen LogP contribution in [0.25, 0.3) is 0 Å². The maximum atomic E-state index is 11.7. The Balaban J connectivity index is 4.30. The molecule has 0 fully saturated rings. The second kappa shape index (κ2) is 8.39. The van der Waals surface area contributed by atoms with Crippen LogP contribution >= 0.6 is 11.6 Å². The highest BCUT2D eigenvalue weighted by Crippen LogP contribution is 2.03. The molecule has 0 atom stereocenters. The molecule has 4 nitrogen and oxygen atoms in total. The lowest BCUT2D eigenvalue weighted by Crippen LogP contribution is -2.39. The van der Waals surface area contributed by atoms with Gasteiger partial charge in [-0.15, -0.1) is 11.6 Å². The number of ether oxygens (including phenoxy) is 1. The van der Waals surface area contributed by atoms with Crippen molar-refractivity contribution >= 4 is 23.5 Å². The highest BCUT2D eigenvalue weighted by Gasteiger charge is 2.18. The van der Waals surface area contributed by atoms with E-state index in [4.69, 9.17) is 16.3 Å². The number of halogens is 1. The van der Waals surface area contributed by atoms with E-state index in [9.17, 15) is 9.59 Å². The van der Waals surface area contributed by atoms with Crippen LogP contribution in [0.5, 0.6) is 0 Å². The summed E-state index contributed by atoms with van der Waals surface area (Å²) in [7, 11) is 0. The third-order valence-electron chi connectivity index (χ3n) is 1.87. The summed E-state index contributed by atoms with van der Waals surface area (Å²) in [6, 6.07) is 0. The maximum absolute atomic E-state index is 11.7. The Labute approximate surface area is 102 Å². The molecule has 0 saturated heterocycles. The third-order valence-corrected chi connectivity index (χ3v) is 2.06. The Kier molecular flexibility index (Phi) is 7.99. The van der Waals surface area contributed by atoms with E-state index < -0.39 is 0 Å². The monoisotopic (exact) mass is 249 g/mol. The first-order valence-corrected chi connectivity index (χ1v) is 6.04. The fourth-order valence-corrected chi connectivity index (χ4v) is 1.46. The van der Waals surface area contributed by atoms with Gasteiger partial charge < -0.3 is 9.64 Å². The lowest BCUT2D eigenvalue weighted by Gasteiger charge is -2.23. The van der Waals surface area contributed by atoms with Gasteiger partial charge in [-0.25, -0.2) is 0 Å². The Morgan fingerprint density at radius 2 is 2.00 bits per heavy atom. The summed E-state index contributed by atoms with van der Waals surface area (Å²) in [5.74, 6) is 0.118. The first-order valence-electron chi connectivity index (χ1n) is 5.50. The van der Waals surface area contributed by atoms with Crippen molar-refractivity contribution < 1.29 is 14.3 Å². The van der Waals surface area contributed by atoms with Crippen molar-refractivity contribution in [3.63, 3.8) is 0 Å². The molecule has 0 heterocycles. The van der Waals surface area contributed by atoms with Crippen LogP contribution in [-0.2, 0) is 14.3 Å². The molecule has 0 aliphatic heterocycles. The van der Waals surface area contributed by atoms with Crippen LogP contribution < -0.4 is 0 Å². The number of carbonyl (C=O) groups excluding carboxylic acids is 2. The zero-order valence-corrected chi connectivity index (χ0v) is 10.9. The van der Waals surface area contributed by atoms with E-state index in [1.165, 1.54) is 4.90 Å². The minimum absolute atomic E-state index is 0.0156. The minimum atomic E-state index is -0.369. The molecule has 0 aliphatic carbocycles. The van der Waals surface area contributed by atoms with Crippen molar-refractivity contribution in [2.24, 2.45) is 5.92 Å². The molecule has 0 bridgehead atoms. The molecule has 0 aliphatic rings. The van der Waals surface area contributed by atoms with Crippen molar-refractivity contribution in [3.05, 3.63) is 0 Å². The predicted molar refractivity (Wildman–Crippen MR) is 63.4 cm³/mol. The predicted octanol–water partition coefficient (Wildman–Crippen LogP) is 1.66. The Morgan fingerprint density at radius 3 is 2.44 bits per heavy atom. The van der Waals surface area contributed by atoms with Crippen LogP contribution in [0.15, 0.2) is 0 Å². The number of hydrogen-bond donors (Lipinski definition) is 0. The standard InChI is InChI=1S/C11H20ClNO3/c1-4-16-11(15)8-13(7-9(2)3)10(14)5-6-12/h9H,4-8H2,1-3H3. The van der Waals surface area contributed by atoms with E-state index in [0.29, 0.717) is 19.1 Å². The molecule has 0 spiro atoms. The van der Waals surface area contributed by atoms with E-state index in [2.05, 4.69) is 0 Å². The number of hydrogen-bond acceptors (Lipinski definition) is 3. The largest absolute Gasteiger partial charge is 0.465 e. The van der Waals surface area contributed by atoms with Crippen LogP contribution in [-0.4, -0.2) is 42.4 Å². The molecule has 0 aromatic carbocycles. The SMILES string of the molecule is CCOC(=O)CN(CC(C)C)C(=O)CCCl. The van der Waals surface area contributed by atoms with E-state index in [1.54, 1.807) is 6.92 Å². The van der Waals surface area contributed by atoms with E-state index in [0.717, 1.165) is 0 Å². The second-order valence-electron chi connectivity index (χ2n) is 3.91. The first-order chi connectivity index (χ1) is 7.51. The van der Waals surface area contributed by atoms with Crippen LogP contribution in [0.3, 0.4) is 0 Å². The van der Waals surface area contributed by atoms with Crippen molar-refractivity contribution in [1.82, 2.24) is 4.90 Å². The topological polar surface area (TPSA) is 46.6 Å². The molecule has 0 aromatic heterocycles. The molecule has 0 aromatic rings. The van der Waals surface area contributed by atoms with Gasteiger partial charge in [0.05, 0.1) is 6.61 Å². The van der Waals surface area contributed by atoms with Gasteiger partial charge in [0, 0.05) is 18.8 Å². The van der Waals surface area contributed by atoms with Crippen molar-refractivity contribution in [3.8, 4) is 0 Å². The van der Waals surface area contributed by atoms with Gasteiger partial charge in [-0.1, -0.05) is 13.8 Å². The van der Waals surface area contributed by atoms with Gasteiger partial charge in [0.15, 0.2) is 0 Å². The lowest BCUT2D eigenvalue weighted by molar-refractivity contribution is -0.149. The number of rotatable bonds is 7. The molecule has 0 N–H and O–H groups in total. The zero-order valence-electron chi connectivity index (χ0n) is 10.2. The number of nitrogens with zero attached hydrogens (tertiary/aromatic N) is 1. The summed E-state index contributed by atoms with van der Waals surface area (Å²) in [5, 5.41) is 0. The van der Waals surface area contributed by atoms with Gasteiger partial charge in [0.25, 0.3) is 0 Å². The summed E-state index contributed by atoms with van der Waals surface area (Å²) < 4.78 is 4.82. The Morgan fingerprint density at radius 1 is 1.38 bits per heavy atom. The lowest BCUT2D eigenvalue weighted by atomic mass is 10.2. The molecule has 94 valence electrons.